The van der Waals surface area contributed by atoms with E-state index in [4.69, 9.17) is 0 Å². The van der Waals surface area contributed by atoms with Crippen LogP contribution in [0.5, 0.6) is 0 Å². The van der Waals surface area contributed by atoms with Gasteiger partial charge in [0.2, 0.25) is 0 Å². The summed E-state index contributed by atoms with van der Waals surface area (Å²) in [5, 5.41) is 4.09. The van der Waals surface area contributed by atoms with Gasteiger partial charge in [-0.2, -0.15) is 5.10 Å². The summed E-state index contributed by atoms with van der Waals surface area (Å²) in [5.74, 6) is -0.500. The van der Waals surface area contributed by atoms with Crippen LogP contribution in [0.3, 0.4) is 0 Å². The molecule has 2 aromatic heterocycles. The Morgan fingerprint density at radius 2 is 2.26 bits per heavy atom. The summed E-state index contributed by atoms with van der Waals surface area (Å²) < 4.78 is 14.6. The highest BCUT2D eigenvalue weighted by molar-refractivity contribution is 5.98. The van der Waals surface area contributed by atoms with E-state index in [-0.39, 0.29) is 18.3 Å². The lowest BCUT2D eigenvalue weighted by Gasteiger charge is -2.17. The molecule has 0 unspecified atom stereocenters. The molecule has 3 rings (SSSR count). The molecule has 0 saturated heterocycles. The van der Waals surface area contributed by atoms with Gasteiger partial charge in [0, 0.05) is 25.1 Å². The topological polar surface area (TPSA) is 51.0 Å². The fourth-order valence-electron chi connectivity index (χ4n) is 2.01. The first kappa shape index (κ1) is 11.6. The number of hydrogen-bond donors (Lipinski definition) is 0. The molecular formula is C13H11FN4O. The Hall–Kier alpha value is -2.50. The van der Waals surface area contributed by atoms with Gasteiger partial charge in [-0.25, -0.2) is 9.07 Å². The number of aromatic nitrogens is 3. The van der Waals surface area contributed by atoms with E-state index in [1.807, 2.05) is 0 Å². The van der Waals surface area contributed by atoms with Gasteiger partial charge >= 0.3 is 0 Å². The van der Waals surface area contributed by atoms with Crippen molar-refractivity contribution in [3.8, 4) is 5.69 Å². The molecule has 0 N–H and O–H groups in total. The minimum atomic E-state index is -0.275. The number of pyridine rings is 1. The maximum Gasteiger partial charge on any atom is 0.256 e. The fourth-order valence-corrected chi connectivity index (χ4v) is 2.01. The number of carbonyl (C=O) groups is 1. The summed E-state index contributed by atoms with van der Waals surface area (Å²) in [6.07, 6.45) is 7.88. The van der Waals surface area contributed by atoms with Crippen LogP contribution in [0.15, 0.2) is 48.8 Å². The monoisotopic (exact) mass is 258 g/mol. The van der Waals surface area contributed by atoms with Crippen molar-refractivity contribution in [1.29, 1.82) is 0 Å². The Morgan fingerprint density at radius 1 is 1.37 bits per heavy atom. The lowest BCUT2D eigenvalue weighted by Crippen LogP contribution is -2.29. The Morgan fingerprint density at radius 3 is 2.95 bits per heavy atom. The molecule has 0 fully saturated rings. The smallest absolute Gasteiger partial charge is 0.256 e. The zero-order valence-electron chi connectivity index (χ0n) is 10.0. The van der Waals surface area contributed by atoms with Crippen LogP contribution in [0.1, 0.15) is 10.4 Å². The van der Waals surface area contributed by atoms with Crippen LogP contribution in [0, 0.1) is 0 Å². The summed E-state index contributed by atoms with van der Waals surface area (Å²) in [4.78, 5) is 17.8. The van der Waals surface area contributed by atoms with E-state index in [1.165, 1.54) is 11.0 Å². The predicted octanol–water partition coefficient (Wildman–Crippen LogP) is 1.58. The standard InChI is InChI=1S/C13H11FN4O/c14-10-3-7-17(9-10)13(19)11-2-5-15-8-12(11)18-6-1-4-16-18/h1-6,8H,7,9H2. The minimum absolute atomic E-state index is 0.0275. The van der Waals surface area contributed by atoms with Crippen LogP contribution < -0.4 is 0 Å². The summed E-state index contributed by atoms with van der Waals surface area (Å²) in [5.41, 5.74) is 1.05. The van der Waals surface area contributed by atoms with Crippen molar-refractivity contribution in [1.82, 2.24) is 19.7 Å². The molecule has 0 atom stereocenters. The van der Waals surface area contributed by atoms with Gasteiger partial charge < -0.3 is 4.90 Å². The summed E-state index contributed by atoms with van der Waals surface area (Å²) in [7, 11) is 0. The van der Waals surface area contributed by atoms with Crippen molar-refractivity contribution in [2.75, 3.05) is 13.1 Å². The van der Waals surface area contributed by atoms with Gasteiger partial charge in [0.15, 0.2) is 0 Å². The van der Waals surface area contributed by atoms with Gasteiger partial charge in [0.25, 0.3) is 5.91 Å². The normalized spacial score (nSPS) is 14.6. The van der Waals surface area contributed by atoms with E-state index < -0.39 is 0 Å². The van der Waals surface area contributed by atoms with E-state index in [1.54, 1.807) is 41.6 Å². The number of rotatable bonds is 2. The molecule has 6 heteroatoms. The molecule has 0 saturated carbocycles. The molecule has 5 nitrogen and oxygen atoms in total. The third-order valence-corrected chi connectivity index (χ3v) is 2.94. The second-order valence-electron chi connectivity index (χ2n) is 4.18. The summed E-state index contributed by atoms with van der Waals surface area (Å²) >= 11 is 0. The van der Waals surface area contributed by atoms with Gasteiger partial charge in [-0.3, -0.25) is 9.78 Å². The van der Waals surface area contributed by atoms with Gasteiger partial charge in [-0.05, 0) is 18.2 Å². The Balaban J connectivity index is 1.95. The van der Waals surface area contributed by atoms with E-state index >= 15 is 0 Å². The zero-order chi connectivity index (χ0) is 13.2. The third kappa shape index (κ3) is 2.12. The summed E-state index contributed by atoms with van der Waals surface area (Å²) in [6, 6.07) is 3.38. The van der Waals surface area contributed by atoms with E-state index in [9.17, 15) is 9.18 Å². The second-order valence-corrected chi connectivity index (χ2v) is 4.18. The quantitative estimate of drug-likeness (QED) is 0.821. The highest BCUT2D eigenvalue weighted by atomic mass is 19.1. The molecule has 0 bridgehead atoms. The first-order chi connectivity index (χ1) is 9.25. The molecule has 0 spiro atoms. The zero-order valence-corrected chi connectivity index (χ0v) is 10.0. The Bertz CT molecular complexity index is 636. The van der Waals surface area contributed by atoms with E-state index in [0.29, 0.717) is 17.8 Å². The molecular weight excluding hydrogens is 247 g/mol. The number of nitrogens with zero attached hydrogens (tertiary/aromatic N) is 4. The van der Waals surface area contributed by atoms with Crippen LogP contribution in [0.25, 0.3) is 5.69 Å². The van der Waals surface area contributed by atoms with Crippen molar-refractivity contribution in [3.63, 3.8) is 0 Å². The number of halogens is 1. The van der Waals surface area contributed by atoms with Gasteiger partial charge in [0.05, 0.1) is 24.0 Å². The average molecular weight is 258 g/mol. The first-order valence-corrected chi connectivity index (χ1v) is 5.83. The minimum Gasteiger partial charge on any atom is -0.328 e. The van der Waals surface area contributed by atoms with E-state index in [2.05, 4.69) is 10.1 Å². The van der Waals surface area contributed by atoms with Crippen molar-refractivity contribution in [2.24, 2.45) is 0 Å². The van der Waals surface area contributed by atoms with Gasteiger partial charge in [-0.15, -0.1) is 0 Å². The van der Waals surface area contributed by atoms with Crippen molar-refractivity contribution < 1.29 is 9.18 Å². The molecule has 1 amide bonds. The lowest BCUT2D eigenvalue weighted by molar-refractivity contribution is 0.0793. The largest absolute Gasteiger partial charge is 0.328 e. The van der Waals surface area contributed by atoms with Crippen molar-refractivity contribution >= 4 is 5.91 Å². The highest BCUT2D eigenvalue weighted by Gasteiger charge is 2.23. The van der Waals surface area contributed by atoms with Gasteiger partial charge in [0.1, 0.15) is 5.83 Å². The molecule has 2 aromatic rings. The van der Waals surface area contributed by atoms with E-state index in [0.717, 1.165) is 0 Å². The van der Waals surface area contributed by atoms with Gasteiger partial charge in [-0.1, -0.05) is 0 Å². The Kier molecular flexibility index (Phi) is 2.83. The second kappa shape index (κ2) is 4.64. The Labute approximate surface area is 109 Å². The number of carbonyl (C=O) groups excluding carboxylic acids is 1. The predicted molar refractivity (Wildman–Crippen MR) is 66.5 cm³/mol. The maximum atomic E-state index is 13.1. The molecule has 0 aromatic carbocycles. The maximum absolute atomic E-state index is 13.1. The van der Waals surface area contributed by atoms with Crippen molar-refractivity contribution in [3.05, 3.63) is 54.4 Å². The van der Waals surface area contributed by atoms with Crippen LogP contribution in [-0.2, 0) is 0 Å². The average Bonchev–Trinajstić information content (AvgIpc) is 3.09. The SMILES string of the molecule is O=C(c1ccncc1-n1cccn1)N1CC=C(F)C1. The summed E-state index contributed by atoms with van der Waals surface area (Å²) in [6.45, 7) is 0.325. The van der Waals surface area contributed by atoms with Crippen LogP contribution in [0.4, 0.5) is 4.39 Å². The van der Waals surface area contributed by atoms with Crippen LogP contribution in [-0.4, -0.2) is 38.7 Å². The number of amides is 1. The molecule has 0 radical (unpaired) electrons. The molecule has 96 valence electrons. The fraction of sp³-hybridized carbons (Fsp3) is 0.154. The third-order valence-electron chi connectivity index (χ3n) is 2.94. The highest BCUT2D eigenvalue weighted by Crippen LogP contribution is 2.18. The molecule has 1 aliphatic heterocycles. The molecule has 1 aliphatic rings. The first-order valence-electron chi connectivity index (χ1n) is 5.83. The number of hydrogen-bond acceptors (Lipinski definition) is 3. The lowest BCUT2D eigenvalue weighted by atomic mass is 10.2. The van der Waals surface area contributed by atoms with Crippen molar-refractivity contribution in [2.45, 2.75) is 0 Å². The molecule has 0 aliphatic carbocycles. The molecule has 19 heavy (non-hydrogen) atoms. The van der Waals surface area contributed by atoms with Crippen LogP contribution in [0.2, 0.25) is 0 Å². The van der Waals surface area contributed by atoms with Crippen LogP contribution >= 0.6 is 0 Å². The molecule has 3 heterocycles.